The Hall–Kier alpha value is -2.21. The number of hydrogen-bond donors (Lipinski definition) is 2. The van der Waals surface area contributed by atoms with Crippen LogP contribution in [0.4, 0.5) is 11.4 Å². The fourth-order valence-corrected chi connectivity index (χ4v) is 2.89. The molecule has 2 rings (SSSR count). The van der Waals surface area contributed by atoms with Crippen LogP contribution in [0.1, 0.15) is 22.2 Å². The average Bonchev–Trinajstić information content (AvgIpc) is 2.97. The van der Waals surface area contributed by atoms with Gasteiger partial charge in [-0.2, -0.15) is 0 Å². The number of nitrogens with one attached hydrogen (secondary N) is 1. The van der Waals surface area contributed by atoms with Gasteiger partial charge in [0.05, 0.1) is 30.5 Å². The molecular weight excluding hydrogens is 288 g/mol. The van der Waals surface area contributed by atoms with Crippen molar-refractivity contribution >= 4 is 28.6 Å². The zero-order chi connectivity index (χ0) is 15.4. The predicted octanol–water partition coefficient (Wildman–Crippen LogP) is 3.16. The number of benzene rings is 1. The lowest BCUT2D eigenvalue weighted by atomic mass is 10.2. The molecule has 0 aliphatic heterocycles. The minimum Gasteiger partial charge on any atom is -0.493 e. The van der Waals surface area contributed by atoms with Crippen LogP contribution in [0.2, 0.25) is 0 Å². The fraction of sp³-hybridized carbons (Fsp3) is 0.267. The third kappa shape index (κ3) is 3.11. The number of thiophene rings is 1. The number of aryl methyl sites for hydroxylation is 1. The molecule has 2 aromatic rings. The molecule has 0 aliphatic carbocycles. The summed E-state index contributed by atoms with van der Waals surface area (Å²) in [4.78, 5) is 13.0. The molecule has 0 radical (unpaired) electrons. The van der Waals surface area contributed by atoms with Crippen molar-refractivity contribution in [3.05, 3.63) is 34.0 Å². The maximum absolute atomic E-state index is 12.3. The molecule has 0 unspecified atom stereocenters. The summed E-state index contributed by atoms with van der Waals surface area (Å²) in [6.07, 6.45) is 0.813. The van der Waals surface area contributed by atoms with Gasteiger partial charge in [0.2, 0.25) is 0 Å². The molecule has 1 aromatic carbocycles. The number of nitrogen functional groups attached to an aromatic ring is 1. The molecule has 0 saturated carbocycles. The van der Waals surface area contributed by atoms with E-state index in [0.717, 1.165) is 12.0 Å². The molecular formula is C15H18N2O3S. The van der Waals surface area contributed by atoms with Crippen LogP contribution in [0.25, 0.3) is 0 Å². The second-order valence-corrected chi connectivity index (χ2v) is 5.29. The van der Waals surface area contributed by atoms with Crippen molar-refractivity contribution in [3.8, 4) is 11.5 Å². The number of hydrogen-bond acceptors (Lipinski definition) is 5. The minimum atomic E-state index is -0.166. The number of ether oxygens (including phenoxy) is 2. The van der Waals surface area contributed by atoms with E-state index in [4.69, 9.17) is 15.2 Å². The van der Waals surface area contributed by atoms with E-state index < -0.39 is 0 Å². The van der Waals surface area contributed by atoms with E-state index in [1.165, 1.54) is 25.6 Å². The molecule has 5 nitrogen and oxygen atoms in total. The Morgan fingerprint density at radius 1 is 1.29 bits per heavy atom. The molecule has 0 saturated heterocycles. The fourth-order valence-electron chi connectivity index (χ4n) is 2.00. The van der Waals surface area contributed by atoms with Crippen LogP contribution < -0.4 is 20.5 Å². The Balaban J connectivity index is 2.29. The molecule has 0 aliphatic rings. The van der Waals surface area contributed by atoms with Gasteiger partial charge in [-0.1, -0.05) is 6.92 Å². The van der Waals surface area contributed by atoms with Crippen LogP contribution >= 0.6 is 11.3 Å². The van der Waals surface area contributed by atoms with Crippen molar-refractivity contribution in [1.29, 1.82) is 0 Å². The first-order chi connectivity index (χ1) is 10.1. The van der Waals surface area contributed by atoms with Gasteiger partial charge in [0, 0.05) is 12.1 Å². The largest absolute Gasteiger partial charge is 0.493 e. The first-order valence-corrected chi connectivity index (χ1v) is 7.37. The van der Waals surface area contributed by atoms with Gasteiger partial charge in [0.15, 0.2) is 11.5 Å². The first kappa shape index (κ1) is 15.2. The minimum absolute atomic E-state index is 0.166. The summed E-state index contributed by atoms with van der Waals surface area (Å²) in [5.74, 6) is 0.878. The van der Waals surface area contributed by atoms with Gasteiger partial charge in [-0.05, 0) is 23.4 Å². The van der Waals surface area contributed by atoms with Gasteiger partial charge in [0.25, 0.3) is 5.91 Å². The molecule has 1 amide bonds. The summed E-state index contributed by atoms with van der Waals surface area (Å²) in [6.45, 7) is 2.02. The highest BCUT2D eigenvalue weighted by Crippen LogP contribution is 2.35. The van der Waals surface area contributed by atoms with Gasteiger partial charge in [-0.3, -0.25) is 4.79 Å². The SMILES string of the molecule is CCc1ccsc1C(=O)Nc1cc(OC)c(OC)cc1N. The summed E-state index contributed by atoms with van der Waals surface area (Å²) < 4.78 is 10.4. The van der Waals surface area contributed by atoms with E-state index in [1.54, 1.807) is 12.1 Å². The highest BCUT2D eigenvalue weighted by molar-refractivity contribution is 7.12. The van der Waals surface area contributed by atoms with Crippen molar-refractivity contribution in [2.75, 3.05) is 25.3 Å². The zero-order valence-corrected chi connectivity index (χ0v) is 13.0. The van der Waals surface area contributed by atoms with E-state index >= 15 is 0 Å². The Labute approximate surface area is 127 Å². The van der Waals surface area contributed by atoms with Crippen molar-refractivity contribution < 1.29 is 14.3 Å². The third-order valence-corrected chi connectivity index (χ3v) is 4.09. The zero-order valence-electron chi connectivity index (χ0n) is 12.2. The number of rotatable bonds is 5. The molecule has 112 valence electrons. The number of nitrogens with two attached hydrogens (primary N) is 1. The highest BCUT2D eigenvalue weighted by atomic mass is 32.1. The summed E-state index contributed by atoms with van der Waals surface area (Å²) in [7, 11) is 3.07. The van der Waals surface area contributed by atoms with E-state index in [9.17, 15) is 4.79 Å². The lowest BCUT2D eigenvalue weighted by Crippen LogP contribution is -2.13. The van der Waals surface area contributed by atoms with E-state index in [1.807, 2.05) is 18.4 Å². The van der Waals surface area contributed by atoms with Crippen molar-refractivity contribution in [2.45, 2.75) is 13.3 Å². The van der Waals surface area contributed by atoms with Crippen LogP contribution in [-0.4, -0.2) is 20.1 Å². The maximum atomic E-state index is 12.3. The number of carbonyl (C=O) groups is 1. The van der Waals surface area contributed by atoms with Gasteiger partial charge in [0.1, 0.15) is 0 Å². The Morgan fingerprint density at radius 3 is 2.57 bits per heavy atom. The third-order valence-electron chi connectivity index (χ3n) is 3.14. The van der Waals surface area contributed by atoms with E-state index in [0.29, 0.717) is 27.8 Å². The van der Waals surface area contributed by atoms with Crippen LogP contribution in [0, 0.1) is 0 Å². The van der Waals surface area contributed by atoms with Gasteiger partial charge in [-0.25, -0.2) is 0 Å². The average molecular weight is 306 g/mol. The lowest BCUT2D eigenvalue weighted by molar-refractivity contribution is 0.103. The van der Waals surface area contributed by atoms with Crippen LogP contribution in [0.3, 0.4) is 0 Å². The predicted molar refractivity (Wildman–Crippen MR) is 85.6 cm³/mol. The Morgan fingerprint density at radius 2 is 1.95 bits per heavy atom. The normalized spacial score (nSPS) is 10.2. The van der Waals surface area contributed by atoms with Crippen molar-refractivity contribution in [2.24, 2.45) is 0 Å². The molecule has 0 bridgehead atoms. The summed E-state index contributed by atoms with van der Waals surface area (Å²) in [5.41, 5.74) is 7.90. The maximum Gasteiger partial charge on any atom is 0.266 e. The number of carbonyl (C=O) groups excluding carboxylic acids is 1. The summed E-state index contributed by atoms with van der Waals surface area (Å²) in [5, 5.41) is 4.73. The van der Waals surface area contributed by atoms with Gasteiger partial charge in [-0.15, -0.1) is 11.3 Å². The molecule has 1 aromatic heterocycles. The lowest BCUT2D eigenvalue weighted by Gasteiger charge is -2.13. The second kappa shape index (κ2) is 6.49. The van der Waals surface area contributed by atoms with E-state index in [-0.39, 0.29) is 5.91 Å². The standard InChI is InChI=1S/C15H18N2O3S/c1-4-9-5-6-21-14(9)15(18)17-11-8-13(20-3)12(19-2)7-10(11)16/h5-8H,4,16H2,1-3H3,(H,17,18). The highest BCUT2D eigenvalue weighted by Gasteiger charge is 2.15. The quantitative estimate of drug-likeness (QED) is 0.832. The molecule has 0 atom stereocenters. The van der Waals surface area contributed by atoms with Crippen LogP contribution in [-0.2, 0) is 6.42 Å². The molecule has 0 fully saturated rings. The topological polar surface area (TPSA) is 73.6 Å². The van der Waals surface area contributed by atoms with Gasteiger partial charge >= 0.3 is 0 Å². The smallest absolute Gasteiger partial charge is 0.266 e. The Bertz CT molecular complexity index is 652. The number of anilines is 2. The molecule has 6 heteroatoms. The van der Waals surface area contributed by atoms with E-state index in [2.05, 4.69) is 5.32 Å². The first-order valence-electron chi connectivity index (χ1n) is 6.49. The second-order valence-electron chi connectivity index (χ2n) is 4.38. The van der Waals surface area contributed by atoms with Crippen LogP contribution in [0.5, 0.6) is 11.5 Å². The van der Waals surface area contributed by atoms with Crippen molar-refractivity contribution in [1.82, 2.24) is 0 Å². The van der Waals surface area contributed by atoms with Crippen LogP contribution in [0.15, 0.2) is 23.6 Å². The summed E-state index contributed by atoms with van der Waals surface area (Å²) >= 11 is 1.42. The number of methoxy groups -OCH3 is 2. The monoisotopic (exact) mass is 306 g/mol. The molecule has 3 N–H and O–H groups in total. The van der Waals surface area contributed by atoms with Gasteiger partial charge < -0.3 is 20.5 Å². The summed E-state index contributed by atoms with van der Waals surface area (Å²) in [6, 6.07) is 5.24. The number of amides is 1. The molecule has 1 heterocycles. The molecule has 21 heavy (non-hydrogen) atoms. The Kier molecular flexibility index (Phi) is 4.70. The molecule has 0 spiro atoms. The van der Waals surface area contributed by atoms with Crippen molar-refractivity contribution in [3.63, 3.8) is 0 Å².